The number of amides is 1. The molecule has 3 aromatic rings. The highest BCUT2D eigenvalue weighted by Gasteiger charge is 2.16. The summed E-state index contributed by atoms with van der Waals surface area (Å²) >= 11 is 1.65. The summed E-state index contributed by atoms with van der Waals surface area (Å²) in [6, 6.07) is 18.5. The SMILES string of the molecule is COC(=O)c1cccc(NC(=O)CN(Cc2cccs2)Cc2ccccc2OC)c1. The minimum atomic E-state index is -0.443. The van der Waals surface area contributed by atoms with E-state index >= 15 is 0 Å². The fourth-order valence-corrected chi connectivity index (χ4v) is 3.86. The van der Waals surface area contributed by atoms with Crippen molar-refractivity contribution in [2.45, 2.75) is 13.1 Å². The Morgan fingerprint density at radius 2 is 1.83 bits per heavy atom. The lowest BCUT2D eigenvalue weighted by Crippen LogP contribution is -2.32. The Morgan fingerprint density at radius 1 is 1.00 bits per heavy atom. The van der Waals surface area contributed by atoms with Crippen LogP contribution in [-0.4, -0.2) is 37.5 Å². The maximum absolute atomic E-state index is 12.7. The zero-order chi connectivity index (χ0) is 21.3. The van der Waals surface area contributed by atoms with Crippen LogP contribution < -0.4 is 10.1 Å². The molecular weight excluding hydrogens is 400 g/mol. The van der Waals surface area contributed by atoms with Crippen molar-refractivity contribution in [3.63, 3.8) is 0 Å². The summed E-state index contributed by atoms with van der Waals surface area (Å²) < 4.78 is 10.2. The number of hydrogen-bond acceptors (Lipinski definition) is 6. The summed E-state index contributed by atoms with van der Waals surface area (Å²) in [5, 5.41) is 4.89. The van der Waals surface area contributed by atoms with Crippen molar-refractivity contribution in [3.05, 3.63) is 82.0 Å². The summed E-state index contributed by atoms with van der Waals surface area (Å²) in [5.74, 6) is 0.185. The van der Waals surface area contributed by atoms with Crippen LogP contribution >= 0.6 is 11.3 Å². The van der Waals surface area contributed by atoms with Crippen molar-refractivity contribution < 1.29 is 19.1 Å². The molecule has 2 aromatic carbocycles. The van der Waals surface area contributed by atoms with Gasteiger partial charge >= 0.3 is 5.97 Å². The third kappa shape index (κ3) is 5.92. The standard InChI is InChI=1S/C23H24N2O4S/c1-28-21-11-4-3-7-18(21)14-25(15-20-10-6-12-30-20)16-22(26)24-19-9-5-8-17(13-19)23(27)29-2/h3-13H,14-16H2,1-2H3,(H,24,26). The molecule has 30 heavy (non-hydrogen) atoms. The fraction of sp³-hybridized carbons (Fsp3) is 0.217. The second-order valence-corrected chi connectivity index (χ2v) is 7.69. The predicted octanol–water partition coefficient (Wildman–Crippen LogP) is 4.18. The molecule has 0 fully saturated rings. The van der Waals surface area contributed by atoms with Gasteiger partial charge in [-0.3, -0.25) is 9.69 Å². The monoisotopic (exact) mass is 424 g/mol. The first-order chi connectivity index (χ1) is 14.6. The molecule has 1 N–H and O–H groups in total. The van der Waals surface area contributed by atoms with Crippen LogP contribution in [0.15, 0.2) is 66.0 Å². The molecule has 156 valence electrons. The Kier molecular flexibility index (Phi) is 7.59. The number of nitrogens with one attached hydrogen (secondary N) is 1. The summed E-state index contributed by atoms with van der Waals surface area (Å²) in [4.78, 5) is 27.7. The molecule has 0 aliphatic carbocycles. The molecule has 7 heteroatoms. The van der Waals surface area contributed by atoms with E-state index in [2.05, 4.69) is 16.3 Å². The van der Waals surface area contributed by atoms with Crippen molar-refractivity contribution in [2.24, 2.45) is 0 Å². The van der Waals surface area contributed by atoms with Gasteiger partial charge in [-0.2, -0.15) is 0 Å². The number of nitrogens with zero attached hydrogens (tertiary/aromatic N) is 1. The van der Waals surface area contributed by atoms with Gasteiger partial charge in [0.15, 0.2) is 0 Å². The molecule has 0 unspecified atom stereocenters. The van der Waals surface area contributed by atoms with Crippen molar-refractivity contribution in [1.29, 1.82) is 0 Å². The van der Waals surface area contributed by atoms with Crippen LogP contribution in [0.1, 0.15) is 20.8 Å². The van der Waals surface area contributed by atoms with E-state index in [1.165, 1.54) is 12.0 Å². The van der Waals surface area contributed by atoms with Crippen LogP contribution in [0.2, 0.25) is 0 Å². The van der Waals surface area contributed by atoms with Gasteiger partial charge in [-0.15, -0.1) is 11.3 Å². The summed E-state index contributed by atoms with van der Waals surface area (Å²) in [7, 11) is 2.97. The lowest BCUT2D eigenvalue weighted by atomic mass is 10.2. The summed E-state index contributed by atoms with van der Waals surface area (Å²) in [6.07, 6.45) is 0. The summed E-state index contributed by atoms with van der Waals surface area (Å²) in [5.41, 5.74) is 1.95. The summed E-state index contributed by atoms with van der Waals surface area (Å²) in [6.45, 7) is 1.40. The van der Waals surface area contributed by atoms with Crippen molar-refractivity contribution in [1.82, 2.24) is 4.90 Å². The normalized spacial score (nSPS) is 10.6. The third-order valence-corrected chi connectivity index (χ3v) is 5.34. The number of hydrogen-bond donors (Lipinski definition) is 1. The van der Waals surface area contributed by atoms with E-state index in [4.69, 9.17) is 9.47 Å². The van der Waals surface area contributed by atoms with E-state index in [0.29, 0.717) is 24.3 Å². The van der Waals surface area contributed by atoms with Gasteiger partial charge in [-0.1, -0.05) is 30.3 Å². The fourth-order valence-electron chi connectivity index (χ4n) is 3.11. The van der Waals surface area contributed by atoms with E-state index in [0.717, 1.165) is 11.3 Å². The molecule has 1 heterocycles. The van der Waals surface area contributed by atoms with Crippen LogP contribution in [0.3, 0.4) is 0 Å². The van der Waals surface area contributed by atoms with Gasteiger partial charge in [0, 0.05) is 29.2 Å². The van der Waals surface area contributed by atoms with Crippen LogP contribution in [0.25, 0.3) is 0 Å². The molecule has 0 aliphatic rings. The van der Waals surface area contributed by atoms with E-state index < -0.39 is 5.97 Å². The first-order valence-electron chi connectivity index (χ1n) is 9.44. The number of anilines is 1. The first kappa shape index (κ1) is 21.5. The van der Waals surface area contributed by atoms with Gasteiger partial charge in [0.1, 0.15) is 5.75 Å². The van der Waals surface area contributed by atoms with Gasteiger partial charge in [-0.05, 0) is 35.7 Å². The molecule has 0 saturated heterocycles. The predicted molar refractivity (Wildman–Crippen MR) is 118 cm³/mol. The topological polar surface area (TPSA) is 67.9 Å². The second kappa shape index (κ2) is 10.6. The average molecular weight is 425 g/mol. The number of ether oxygens (including phenoxy) is 2. The van der Waals surface area contributed by atoms with E-state index in [1.54, 1.807) is 42.7 Å². The van der Waals surface area contributed by atoms with Crippen LogP contribution in [0.5, 0.6) is 5.75 Å². The Morgan fingerprint density at radius 3 is 2.57 bits per heavy atom. The largest absolute Gasteiger partial charge is 0.496 e. The van der Waals surface area contributed by atoms with E-state index in [-0.39, 0.29) is 12.5 Å². The molecule has 0 atom stereocenters. The molecule has 3 rings (SSSR count). The number of benzene rings is 2. The first-order valence-corrected chi connectivity index (χ1v) is 10.3. The maximum atomic E-state index is 12.7. The number of methoxy groups -OCH3 is 2. The molecule has 1 aromatic heterocycles. The smallest absolute Gasteiger partial charge is 0.337 e. The number of thiophene rings is 1. The lowest BCUT2D eigenvalue weighted by Gasteiger charge is -2.22. The number of para-hydroxylation sites is 1. The lowest BCUT2D eigenvalue weighted by molar-refractivity contribution is -0.117. The molecule has 0 spiro atoms. The molecular formula is C23H24N2O4S. The Labute approximate surface area is 180 Å². The Hall–Kier alpha value is -3.16. The van der Waals surface area contributed by atoms with Gasteiger partial charge in [0.25, 0.3) is 0 Å². The number of carbonyl (C=O) groups excluding carboxylic acids is 2. The zero-order valence-electron chi connectivity index (χ0n) is 17.0. The third-order valence-electron chi connectivity index (χ3n) is 4.48. The molecule has 0 radical (unpaired) electrons. The van der Waals surface area contributed by atoms with Crippen molar-refractivity contribution in [2.75, 3.05) is 26.1 Å². The molecule has 6 nitrogen and oxygen atoms in total. The second-order valence-electron chi connectivity index (χ2n) is 6.66. The maximum Gasteiger partial charge on any atom is 0.337 e. The molecule has 0 aliphatic heterocycles. The Bertz CT molecular complexity index is 988. The van der Waals surface area contributed by atoms with Gasteiger partial charge in [0.05, 0.1) is 26.3 Å². The van der Waals surface area contributed by atoms with Gasteiger partial charge < -0.3 is 14.8 Å². The van der Waals surface area contributed by atoms with Crippen LogP contribution in [-0.2, 0) is 22.6 Å². The van der Waals surface area contributed by atoms with Crippen LogP contribution in [0, 0.1) is 0 Å². The average Bonchev–Trinajstić information content (AvgIpc) is 3.26. The quantitative estimate of drug-likeness (QED) is 0.522. The number of esters is 1. The minimum absolute atomic E-state index is 0.163. The highest BCUT2D eigenvalue weighted by atomic mass is 32.1. The van der Waals surface area contributed by atoms with Crippen molar-refractivity contribution >= 4 is 28.9 Å². The Balaban J connectivity index is 1.72. The highest BCUT2D eigenvalue weighted by molar-refractivity contribution is 7.09. The minimum Gasteiger partial charge on any atom is -0.496 e. The highest BCUT2D eigenvalue weighted by Crippen LogP contribution is 2.21. The van der Waals surface area contributed by atoms with E-state index in [1.807, 2.05) is 35.7 Å². The number of carbonyl (C=O) groups is 2. The molecule has 1 amide bonds. The zero-order valence-corrected chi connectivity index (χ0v) is 17.8. The van der Waals surface area contributed by atoms with Crippen molar-refractivity contribution in [3.8, 4) is 5.75 Å². The molecule has 0 bridgehead atoms. The van der Waals surface area contributed by atoms with Gasteiger partial charge in [-0.25, -0.2) is 4.79 Å². The van der Waals surface area contributed by atoms with Crippen LogP contribution in [0.4, 0.5) is 5.69 Å². The van der Waals surface area contributed by atoms with E-state index in [9.17, 15) is 9.59 Å². The van der Waals surface area contributed by atoms with Gasteiger partial charge in [0.2, 0.25) is 5.91 Å². The number of rotatable bonds is 9. The molecule has 0 saturated carbocycles.